The van der Waals surface area contributed by atoms with Crippen LogP contribution in [0.25, 0.3) is 0 Å². The van der Waals surface area contributed by atoms with Gasteiger partial charge < -0.3 is 5.32 Å². The van der Waals surface area contributed by atoms with E-state index in [0.29, 0.717) is 26.2 Å². The molecule has 4 rings (SSSR count). The summed E-state index contributed by atoms with van der Waals surface area (Å²) in [5.74, 6) is -0.0977. The summed E-state index contributed by atoms with van der Waals surface area (Å²) < 4.78 is 1.08. The highest BCUT2D eigenvalue weighted by Crippen LogP contribution is 2.30. The Bertz CT molecular complexity index is 890. The van der Waals surface area contributed by atoms with Crippen molar-refractivity contribution in [3.63, 3.8) is 0 Å². The fourth-order valence-corrected chi connectivity index (χ4v) is 5.76. The van der Waals surface area contributed by atoms with Crippen LogP contribution in [-0.4, -0.2) is 59.0 Å². The highest BCUT2D eigenvalue weighted by molar-refractivity contribution is 9.11. The first kappa shape index (κ1) is 20.5. The minimum atomic E-state index is -0.795. The molecule has 1 unspecified atom stereocenters. The lowest BCUT2D eigenvalue weighted by Gasteiger charge is -2.38. The average molecular weight is 477 g/mol. The van der Waals surface area contributed by atoms with Gasteiger partial charge >= 0.3 is 6.03 Å². The zero-order chi connectivity index (χ0) is 20.4. The van der Waals surface area contributed by atoms with Crippen molar-refractivity contribution in [3.8, 4) is 0 Å². The summed E-state index contributed by atoms with van der Waals surface area (Å²) in [5, 5.41) is 3.02. The lowest BCUT2D eigenvalue weighted by Crippen LogP contribution is -2.58. The van der Waals surface area contributed by atoms with Crippen LogP contribution in [0, 0.1) is 0 Å². The summed E-state index contributed by atoms with van der Waals surface area (Å²) in [6.07, 6.45) is 1.59. The molecular formula is C21H25BrN4O2S. The third-order valence-electron chi connectivity index (χ3n) is 5.50. The van der Waals surface area contributed by atoms with Crippen molar-refractivity contribution in [2.45, 2.75) is 31.5 Å². The normalized spacial score (nSPS) is 22.7. The SMILES string of the molecule is CN(Cc1ccc(Br)s1)CN1C(=O)NC2(CCCN(Cc3ccccc3)C2)C1=O. The molecule has 2 fully saturated rings. The topological polar surface area (TPSA) is 55.9 Å². The van der Waals surface area contributed by atoms with Crippen molar-refractivity contribution in [1.82, 2.24) is 20.0 Å². The van der Waals surface area contributed by atoms with Crippen molar-refractivity contribution in [2.75, 3.05) is 26.8 Å². The van der Waals surface area contributed by atoms with Crippen LogP contribution >= 0.6 is 27.3 Å². The molecular weight excluding hydrogens is 452 g/mol. The van der Waals surface area contributed by atoms with E-state index in [-0.39, 0.29) is 11.9 Å². The summed E-state index contributed by atoms with van der Waals surface area (Å²) in [6, 6.07) is 14.0. The van der Waals surface area contributed by atoms with Gasteiger partial charge in [-0.25, -0.2) is 9.69 Å². The second-order valence-electron chi connectivity index (χ2n) is 7.91. The van der Waals surface area contributed by atoms with Crippen LogP contribution in [0.1, 0.15) is 23.3 Å². The largest absolute Gasteiger partial charge is 0.326 e. The average Bonchev–Trinajstić information content (AvgIpc) is 3.19. The van der Waals surface area contributed by atoms with Crippen LogP contribution in [0.2, 0.25) is 0 Å². The number of nitrogens with zero attached hydrogens (tertiary/aromatic N) is 3. The van der Waals surface area contributed by atoms with Crippen molar-refractivity contribution in [1.29, 1.82) is 0 Å². The Morgan fingerprint density at radius 3 is 2.72 bits per heavy atom. The summed E-state index contributed by atoms with van der Waals surface area (Å²) in [6.45, 7) is 3.28. The summed E-state index contributed by atoms with van der Waals surface area (Å²) >= 11 is 5.14. The number of likely N-dealkylation sites (tertiary alicyclic amines) is 1. The molecule has 6 nitrogen and oxygen atoms in total. The molecule has 8 heteroatoms. The van der Waals surface area contributed by atoms with Crippen LogP contribution in [0.4, 0.5) is 4.79 Å². The van der Waals surface area contributed by atoms with Gasteiger partial charge in [-0.3, -0.25) is 14.6 Å². The zero-order valence-electron chi connectivity index (χ0n) is 16.4. The van der Waals surface area contributed by atoms with E-state index in [1.807, 2.05) is 36.2 Å². The fourth-order valence-electron chi connectivity index (χ4n) is 4.20. The molecule has 3 amide bonds. The van der Waals surface area contributed by atoms with E-state index in [1.165, 1.54) is 15.3 Å². The van der Waals surface area contributed by atoms with Gasteiger partial charge in [0.1, 0.15) is 5.54 Å². The number of piperidine rings is 1. The number of hydrogen-bond acceptors (Lipinski definition) is 5. The number of rotatable bonds is 6. The van der Waals surface area contributed by atoms with E-state index in [9.17, 15) is 9.59 Å². The van der Waals surface area contributed by atoms with Crippen molar-refractivity contribution < 1.29 is 9.59 Å². The number of carbonyl (C=O) groups excluding carboxylic acids is 2. The van der Waals surface area contributed by atoms with Crippen molar-refractivity contribution in [3.05, 3.63) is 56.7 Å². The maximum atomic E-state index is 13.3. The molecule has 29 heavy (non-hydrogen) atoms. The monoisotopic (exact) mass is 476 g/mol. The molecule has 0 aliphatic carbocycles. The van der Waals surface area contributed by atoms with E-state index in [1.54, 1.807) is 11.3 Å². The van der Waals surface area contributed by atoms with Gasteiger partial charge in [-0.15, -0.1) is 11.3 Å². The molecule has 1 atom stereocenters. The Labute approximate surface area is 183 Å². The van der Waals surface area contributed by atoms with Gasteiger partial charge in [0.25, 0.3) is 5.91 Å². The third kappa shape index (κ3) is 4.55. The predicted octanol–water partition coefficient (Wildman–Crippen LogP) is 3.49. The molecule has 1 aromatic carbocycles. The number of carbonyl (C=O) groups is 2. The maximum absolute atomic E-state index is 13.3. The fraction of sp³-hybridized carbons (Fsp3) is 0.429. The van der Waals surface area contributed by atoms with Gasteiger partial charge in [0.05, 0.1) is 10.5 Å². The smallest absolute Gasteiger partial charge is 0.322 e. The Morgan fingerprint density at radius 2 is 2.00 bits per heavy atom. The number of benzene rings is 1. The Morgan fingerprint density at radius 1 is 1.21 bits per heavy atom. The first-order valence-corrected chi connectivity index (χ1v) is 11.4. The minimum Gasteiger partial charge on any atom is -0.322 e. The molecule has 1 N–H and O–H groups in total. The van der Waals surface area contributed by atoms with Crippen LogP contribution in [0.15, 0.2) is 46.3 Å². The Kier molecular flexibility index (Phi) is 6.06. The third-order valence-corrected chi connectivity index (χ3v) is 7.11. The summed E-state index contributed by atoms with van der Waals surface area (Å²) in [5.41, 5.74) is 0.428. The standard InChI is InChI=1S/C21H25BrN4O2S/c1-24(13-17-8-9-18(22)29-17)15-26-19(27)21(23-20(26)28)10-5-11-25(14-21)12-16-6-3-2-4-7-16/h2-4,6-9H,5,10-15H2,1H3,(H,23,28). The highest BCUT2D eigenvalue weighted by Gasteiger charge is 2.53. The summed E-state index contributed by atoms with van der Waals surface area (Å²) in [7, 11) is 1.93. The van der Waals surface area contributed by atoms with Crippen LogP contribution in [0.5, 0.6) is 0 Å². The quantitative estimate of drug-likeness (QED) is 0.648. The first-order valence-electron chi connectivity index (χ1n) is 9.78. The number of hydrogen-bond donors (Lipinski definition) is 1. The van der Waals surface area contributed by atoms with Gasteiger partial charge in [0, 0.05) is 24.5 Å². The molecule has 2 aromatic rings. The van der Waals surface area contributed by atoms with Gasteiger partial charge in [-0.2, -0.15) is 0 Å². The number of nitrogens with one attached hydrogen (secondary N) is 1. The molecule has 1 aromatic heterocycles. The molecule has 3 heterocycles. The van der Waals surface area contributed by atoms with Crippen molar-refractivity contribution >= 4 is 39.2 Å². The molecule has 1 spiro atoms. The van der Waals surface area contributed by atoms with E-state index < -0.39 is 5.54 Å². The lowest BCUT2D eigenvalue weighted by atomic mass is 9.88. The predicted molar refractivity (Wildman–Crippen MR) is 117 cm³/mol. The Balaban J connectivity index is 1.41. The molecule has 0 radical (unpaired) electrons. The van der Waals surface area contributed by atoms with Crippen LogP contribution in [0.3, 0.4) is 0 Å². The number of halogens is 1. The highest BCUT2D eigenvalue weighted by atomic mass is 79.9. The molecule has 0 bridgehead atoms. The molecule has 154 valence electrons. The van der Waals surface area contributed by atoms with Gasteiger partial charge in [0.15, 0.2) is 0 Å². The Hall–Kier alpha value is -1.74. The molecule has 0 saturated carbocycles. The molecule has 2 saturated heterocycles. The number of amides is 3. The van der Waals surface area contributed by atoms with Crippen LogP contribution in [-0.2, 0) is 17.9 Å². The van der Waals surface area contributed by atoms with Gasteiger partial charge in [-0.05, 0) is 60.1 Å². The number of thiophene rings is 1. The lowest BCUT2D eigenvalue weighted by molar-refractivity contribution is -0.134. The second kappa shape index (κ2) is 8.55. The van der Waals surface area contributed by atoms with E-state index in [0.717, 1.165) is 23.3 Å². The van der Waals surface area contributed by atoms with E-state index in [2.05, 4.69) is 44.3 Å². The molecule has 2 aliphatic rings. The summed E-state index contributed by atoms with van der Waals surface area (Å²) in [4.78, 5) is 32.8. The maximum Gasteiger partial charge on any atom is 0.326 e. The van der Waals surface area contributed by atoms with Gasteiger partial charge in [-0.1, -0.05) is 30.3 Å². The zero-order valence-corrected chi connectivity index (χ0v) is 18.8. The van der Waals surface area contributed by atoms with Crippen LogP contribution < -0.4 is 5.32 Å². The van der Waals surface area contributed by atoms with E-state index in [4.69, 9.17) is 0 Å². The second-order valence-corrected chi connectivity index (χ2v) is 10.5. The first-order chi connectivity index (χ1) is 13.9. The van der Waals surface area contributed by atoms with Gasteiger partial charge in [0.2, 0.25) is 0 Å². The van der Waals surface area contributed by atoms with E-state index >= 15 is 0 Å². The number of imide groups is 1. The number of urea groups is 1. The molecule has 2 aliphatic heterocycles. The van der Waals surface area contributed by atoms with Crippen molar-refractivity contribution in [2.24, 2.45) is 0 Å². The minimum absolute atomic E-state index is 0.0977.